The third kappa shape index (κ3) is 6.78. The second kappa shape index (κ2) is 9.67. The van der Waals surface area contributed by atoms with Crippen molar-refractivity contribution < 1.29 is 19.1 Å². The zero-order valence-electron chi connectivity index (χ0n) is 14.2. The Kier molecular flexibility index (Phi) is 7.91. The Labute approximate surface area is 141 Å². The van der Waals surface area contributed by atoms with E-state index in [4.69, 9.17) is 10.5 Å². The molecule has 0 aromatic heterocycles. The smallest absolute Gasteiger partial charge is 0.325 e. The van der Waals surface area contributed by atoms with Crippen LogP contribution in [0.2, 0.25) is 0 Å². The van der Waals surface area contributed by atoms with Gasteiger partial charge < -0.3 is 21.1 Å². The maximum atomic E-state index is 12.1. The number of hydrogen-bond acceptors (Lipinski definition) is 5. The summed E-state index contributed by atoms with van der Waals surface area (Å²) >= 11 is 0. The van der Waals surface area contributed by atoms with Crippen LogP contribution in [0.3, 0.4) is 0 Å². The Morgan fingerprint density at radius 1 is 1.08 bits per heavy atom. The number of ether oxygens (including phenoxy) is 1. The molecule has 7 heteroatoms. The van der Waals surface area contributed by atoms with Gasteiger partial charge in [-0.25, -0.2) is 0 Å². The van der Waals surface area contributed by atoms with Crippen LogP contribution >= 0.6 is 0 Å². The highest BCUT2D eigenvalue weighted by atomic mass is 16.5. The summed E-state index contributed by atoms with van der Waals surface area (Å²) in [5, 5.41) is 5.04. The molecule has 132 valence electrons. The van der Waals surface area contributed by atoms with Gasteiger partial charge in [0, 0.05) is 0 Å². The molecule has 2 amide bonds. The summed E-state index contributed by atoms with van der Waals surface area (Å²) in [5.74, 6) is -1.56. The van der Waals surface area contributed by atoms with Crippen molar-refractivity contribution >= 4 is 17.8 Å². The molecule has 1 rings (SSSR count). The molecule has 0 radical (unpaired) electrons. The average Bonchev–Trinajstić information content (AvgIpc) is 2.55. The minimum Gasteiger partial charge on any atom is -0.460 e. The van der Waals surface area contributed by atoms with Gasteiger partial charge in [0.1, 0.15) is 19.2 Å². The van der Waals surface area contributed by atoms with Crippen molar-refractivity contribution in [1.82, 2.24) is 10.6 Å². The normalized spacial score (nSPS) is 13.0. The molecule has 0 fully saturated rings. The number of nitrogens with one attached hydrogen (secondary N) is 2. The molecule has 0 spiro atoms. The quantitative estimate of drug-likeness (QED) is 0.593. The van der Waals surface area contributed by atoms with Gasteiger partial charge in [-0.15, -0.1) is 0 Å². The third-order valence-corrected chi connectivity index (χ3v) is 3.31. The Bertz CT molecular complexity index is 558. The van der Waals surface area contributed by atoms with Crippen LogP contribution in [0.4, 0.5) is 0 Å². The fraction of sp³-hybridized carbons (Fsp3) is 0.471. The first kappa shape index (κ1) is 19.6. The molecular weight excluding hydrogens is 310 g/mol. The first-order valence-corrected chi connectivity index (χ1v) is 7.84. The predicted octanol–water partition coefficient (Wildman–Crippen LogP) is 0.334. The molecule has 4 N–H and O–H groups in total. The van der Waals surface area contributed by atoms with Crippen LogP contribution in [0, 0.1) is 5.92 Å². The molecule has 0 saturated carbocycles. The molecule has 0 aliphatic rings. The van der Waals surface area contributed by atoms with Gasteiger partial charge >= 0.3 is 5.97 Å². The van der Waals surface area contributed by atoms with Gasteiger partial charge in [0.2, 0.25) is 11.8 Å². The maximum absolute atomic E-state index is 12.1. The Hall–Kier alpha value is -2.41. The van der Waals surface area contributed by atoms with Gasteiger partial charge in [0.15, 0.2) is 0 Å². The molecule has 0 heterocycles. The van der Waals surface area contributed by atoms with Crippen molar-refractivity contribution in [2.24, 2.45) is 11.7 Å². The zero-order valence-corrected chi connectivity index (χ0v) is 14.2. The number of esters is 1. The predicted molar refractivity (Wildman–Crippen MR) is 89.7 cm³/mol. The first-order valence-electron chi connectivity index (χ1n) is 7.84. The monoisotopic (exact) mass is 335 g/mol. The molecular formula is C17H25N3O4. The molecule has 7 nitrogen and oxygen atoms in total. The van der Waals surface area contributed by atoms with Crippen LogP contribution in [-0.4, -0.2) is 36.4 Å². The molecule has 0 unspecified atom stereocenters. The first-order chi connectivity index (χ1) is 11.3. The minimum absolute atomic E-state index is 0.143. The highest BCUT2D eigenvalue weighted by molar-refractivity contribution is 5.91. The minimum atomic E-state index is -0.759. The zero-order chi connectivity index (χ0) is 18.1. The Balaban J connectivity index is 2.44. The molecule has 1 aromatic carbocycles. The van der Waals surface area contributed by atoms with E-state index < -0.39 is 29.9 Å². The van der Waals surface area contributed by atoms with E-state index in [1.807, 2.05) is 30.3 Å². The van der Waals surface area contributed by atoms with Gasteiger partial charge in [0.05, 0.1) is 6.04 Å². The fourth-order valence-corrected chi connectivity index (χ4v) is 1.88. The Morgan fingerprint density at radius 3 is 2.25 bits per heavy atom. The van der Waals surface area contributed by atoms with Crippen LogP contribution in [0.1, 0.15) is 26.3 Å². The lowest BCUT2D eigenvalue weighted by Gasteiger charge is -2.22. The van der Waals surface area contributed by atoms with Crippen LogP contribution in [0.25, 0.3) is 0 Å². The van der Waals surface area contributed by atoms with E-state index in [1.165, 1.54) is 6.92 Å². The van der Waals surface area contributed by atoms with Gasteiger partial charge in [-0.1, -0.05) is 44.2 Å². The summed E-state index contributed by atoms with van der Waals surface area (Å²) in [6.07, 6.45) is 0. The van der Waals surface area contributed by atoms with E-state index in [0.717, 1.165) is 5.56 Å². The average molecular weight is 335 g/mol. The van der Waals surface area contributed by atoms with Crippen LogP contribution < -0.4 is 16.4 Å². The lowest BCUT2D eigenvalue weighted by atomic mass is 10.0. The van der Waals surface area contributed by atoms with Crippen molar-refractivity contribution in [3.8, 4) is 0 Å². The largest absolute Gasteiger partial charge is 0.460 e. The number of benzene rings is 1. The van der Waals surface area contributed by atoms with Crippen LogP contribution in [0.5, 0.6) is 0 Å². The highest BCUT2D eigenvalue weighted by Crippen LogP contribution is 2.03. The summed E-state index contributed by atoms with van der Waals surface area (Å²) < 4.78 is 5.08. The van der Waals surface area contributed by atoms with Gasteiger partial charge in [-0.2, -0.15) is 0 Å². The third-order valence-electron chi connectivity index (χ3n) is 3.31. The number of rotatable bonds is 8. The summed E-state index contributed by atoms with van der Waals surface area (Å²) in [5.41, 5.74) is 6.35. The summed E-state index contributed by atoms with van der Waals surface area (Å²) in [4.78, 5) is 35.5. The highest BCUT2D eigenvalue weighted by Gasteiger charge is 2.25. The van der Waals surface area contributed by atoms with Crippen molar-refractivity contribution in [2.45, 2.75) is 39.5 Å². The standard InChI is InChI=1S/C17H25N3O4/c1-11(2)15(20-16(22)12(3)18)17(23)19-9-14(21)24-10-13-7-5-4-6-8-13/h4-8,11-12,15H,9-10,18H2,1-3H3,(H,19,23)(H,20,22)/t12-,15-/m0/s1. The number of carbonyl (C=O) groups excluding carboxylic acids is 3. The molecule has 0 aliphatic carbocycles. The number of carbonyl (C=O) groups is 3. The summed E-state index contributed by atoms with van der Waals surface area (Å²) in [6, 6.07) is 7.77. The van der Waals surface area contributed by atoms with Crippen LogP contribution in [-0.2, 0) is 25.7 Å². The van der Waals surface area contributed by atoms with E-state index in [1.54, 1.807) is 13.8 Å². The molecule has 0 aliphatic heterocycles. The number of nitrogens with two attached hydrogens (primary N) is 1. The van der Waals surface area contributed by atoms with Crippen molar-refractivity contribution in [1.29, 1.82) is 0 Å². The fourth-order valence-electron chi connectivity index (χ4n) is 1.88. The van der Waals surface area contributed by atoms with E-state index in [-0.39, 0.29) is 19.1 Å². The summed E-state index contributed by atoms with van der Waals surface area (Å²) in [6.45, 7) is 5.00. The lowest BCUT2D eigenvalue weighted by molar-refractivity contribution is -0.145. The molecule has 2 atom stereocenters. The van der Waals surface area contributed by atoms with Crippen molar-refractivity contribution in [3.63, 3.8) is 0 Å². The second-order valence-electron chi connectivity index (χ2n) is 5.88. The molecule has 24 heavy (non-hydrogen) atoms. The van der Waals surface area contributed by atoms with E-state index in [2.05, 4.69) is 10.6 Å². The van der Waals surface area contributed by atoms with Crippen LogP contribution in [0.15, 0.2) is 30.3 Å². The topological polar surface area (TPSA) is 111 Å². The Morgan fingerprint density at radius 2 is 1.71 bits per heavy atom. The van der Waals surface area contributed by atoms with Crippen molar-refractivity contribution in [2.75, 3.05) is 6.54 Å². The number of amides is 2. The van der Waals surface area contributed by atoms with Crippen molar-refractivity contribution in [3.05, 3.63) is 35.9 Å². The van der Waals surface area contributed by atoms with Gasteiger partial charge in [0.25, 0.3) is 0 Å². The number of hydrogen-bond donors (Lipinski definition) is 3. The summed E-state index contributed by atoms with van der Waals surface area (Å²) in [7, 11) is 0. The SMILES string of the molecule is CC(C)[C@H](NC(=O)[C@H](C)N)C(=O)NCC(=O)OCc1ccccc1. The van der Waals surface area contributed by atoms with Gasteiger partial charge in [-0.05, 0) is 18.4 Å². The van der Waals surface area contributed by atoms with Gasteiger partial charge in [-0.3, -0.25) is 14.4 Å². The second-order valence-corrected chi connectivity index (χ2v) is 5.88. The molecule has 0 saturated heterocycles. The van der Waals surface area contributed by atoms with E-state index in [9.17, 15) is 14.4 Å². The maximum Gasteiger partial charge on any atom is 0.325 e. The van der Waals surface area contributed by atoms with E-state index in [0.29, 0.717) is 0 Å². The lowest BCUT2D eigenvalue weighted by Crippen LogP contribution is -2.53. The molecule has 1 aromatic rings. The molecule has 0 bridgehead atoms. The van der Waals surface area contributed by atoms with E-state index >= 15 is 0 Å².